The number of rotatable bonds is 1. The summed E-state index contributed by atoms with van der Waals surface area (Å²) in [5.74, 6) is -0.202. The van der Waals surface area contributed by atoms with E-state index in [0.29, 0.717) is 0 Å². The highest BCUT2D eigenvalue weighted by molar-refractivity contribution is 5.92. The van der Waals surface area contributed by atoms with Crippen LogP contribution < -0.4 is 5.73 Å². The maximum absolute atomic E-state index is 12.0. The second-order valence-corrected chi connectivity index (χ2v) is 1.52. The van der Waals surface area contributed by atoms with Crippen LogP contribution in [0.4, 0.5) is 4.39 Å². The minimum atomic E-state index is -0.722. The van der Waals surface area contributed by atoms with E-state index in [-0.39, 0.29) is 11.6 Å². The van der Waals surface area contributed by atoms with Crippen molar-refractivity contribution < 1.29 is 8.81 Å². The average molecular weight is 128 g/mol. The molecule has 9 heavy (non-hydrogen) atoms. The van der Waals surface area contributed by atoms with Crippen molar-refractivity contribution in [2.24, 2.45) is 5.73 Å². The van der Waals surface area contributed by atoms with Crippen LogP contribution in [-0.4, -0.2) is 5.84 Å². The average Bonchev–Trinajstić information content (AvgIpc) is 2.14. The number of amidine groups is 1. The van der Waals surface area contributed by atoms with Crippen LogP contribution in [0.2, 0.25) is 0 Å². The molecule has 0 aliphatic carbocycles. The van der Waals surface area contributed by atoms with Gasteiger partial charge in [0.05, 0.1) is 0 Å². The number of halogens is 1. The summed E-state index contributed by atoms with van der Waals surface area (Å²) in [6.45, 7) is 0. The Morgan fingerprint density at radius 3 is 2.56 bits per heavy atom. The Labute approximate surface area is 50.8 Å². The van der Waals surface area contributed by atoms with Crippen molar-refractivity contribution in [2.45, 2.75) is 0 Å². The summed E-state index contributed by atoms with van der Waals surface area (Å²) >= 11 is 0. The zero-order chi connectivity index (χ0) is 6.85. The van der Waals surface area contributed by atoms with Gasteiger partial charge in [-0.15, -0.1) is 0 Å². The van der Waals surface area contributed by atoms with E-state index in [2.05, 4.69) is 4.42 Å². The zero-order valence-corrected chi connectivity index (χ0v) is 4.52. The fourth-order valence-corrected chi connectivity index (χ4v) is 0.459. The number of nitrogens with two attached hydrogens (primary N) is 1. The first-order valence-electron chi connectivity index (χ1n) is 2.30. The molecule has 0 amide bonds. The molecule has 3 nitrogen and oxygen atoms in total. The molecule has 0 radical (unpaired) electrons. The highest BCUT2D eigenvalue weighted by Gasteiger charge is 2.01. The Bertz CT molecular complexity index is 231. The Morgan fingerprint density at radius 1 is 1.67 bits per heavy atom. The molecule has 0 atom stereocenters. The normalized spacial score (nSPS) is 9.44. The molecular formula is C5H5FN2O. The van der Waals surface area contributed by atoms with Crippen LogP contribution >= 0.6 is 0 Å². The first-order chi connectivity index (χ1) is 4.20. The van der Waals surface area contributed by atoms with Crippen LogP contribution in [0.5, 0.6) is 0 Å². The first-order valence-corrected chi connectivity index (χ1v) is 2.30. The summed E-state index contributed by atoms with van der Waals surface area (Å²) in [5.41, 5.74) is 4.95. The topological polar surface area (TPSA) is 63.0 Å². The summed E-state index contributed by atoms with van der Waals surface area (Å²) in [6.07, 6.45) is 0. The van der Waals surface area contributed by atoms with E-state index < -0.39 is 6.01 Å². The summed E-state index contributed by atoms with van der Waals surface area (Å²) in [5, 5.41) is 6.77. The van der Waals surface area contributed by atoms with Gasteiger partial charge in [0.25, 0.3) is 6.01 Å². The van der Waals surface area contributed by atoms with Crippen molar-refractivity contribution in [2.75, 3.05) is 0 Å². The second kappa shape index (κ2) is 1.89. The number of nitrogen functional groups attached to an aromatic ring is 1. The predicted molar refractivity (Wildman–Crippen MR) is 29.7 cm³/mol. The smallest absolute Gasteiger partial charge is 0.278 e. The predicted octanol–water partition coefficient (Wildman–Crippen LogP) is 0.703. The third kappa shape index (κ3) is 1.07. The lowest BCUT2D eigenvalue weighted by Crippen LogP contribution is -2.09. The van der Waals surface area contributed by atoms with Gasteiger partial charge < -0.3 is 10.2 Å². The maximum atomic E-state index is 12.0. The van der Waals surface area contributed by atoms with Gasteiger partial charge in [0, 0.05) is 6.07 Å². The molecule has 1 aromatic rings. The van der Waals surface area contributed by atoms with Crippen molar-refractivity contribution >= 4 is 5.84 Å². The van der Waals surface area contributed by atoms with Gasteiger partial charge in [-0.25, -0.2) is 0 Å². The maximum Gasteiger partial charge on any atom is 0.278 e. The molecule has 1 aromatic heterocycles. The minimum Gasteiger partial charge on any atom is -0.428 e. The fourth-order valence-electron chi connectivity index (χ4n) is 0.459. The highest BCUT2D eigenvalue weighted by atomic mass is 19.1. The van der Waals surface area contributed by atoms with Crippen LogP contribution in [0.3, 0.4) is 0 Å². The van der Waals surface area contributed by atoms with Crippen LogP contribution in [0.25, 0.3) is 0 Å². The van der Waals surface area contributed by atoms with Gasteiger partial charge in [-0.1, -0.05) is 0 Å². The molecule has 0 spiro atoms. The number of hydrogen-bond donors (Lipinski definition) is 2. The van der Waals surface area contributed by atoms with Crippen LogP contribution in [0.1, 0.15) is 5.76 Å². The molecule has 48 valence electrons. The lowest BCUT2D eigenvalue weighted by atomic mass is 10.4. The van der Waals surface area contributed by atoms with E-state index in [0.717, 1.165) is 6.07 Å². The summed E-state index contributed by atoms with van der Waals surface area (Å²) in [6, 6.07) is 1.69. The highest BCUT2D eigenvalue weighted by Crippen LogP contribution is 2.03. The standard InChI is InChI=1S/C5H5FN2O/c6-4-2-1-3(9-4)5(7)8/h1-2H,(H3,7,8). The van der Waals surface area contributed by atoms with E-state index in [4.69, 9.17) is 11.1 Å². The van der Waals surface area contributed by atoms with Gasteiger partial charge in [-0.05, 0) is 6.07 Å². The Morgan fingerprint density at radius 2 is 2.33 bits per heavy atom. The zero-order valence-electron chi connectivity index (χ0n) is 4.52. The SMILES string of the molecule is N=C(N)c1ccc(F)o1. The Kier molecular flexibility index (Phi) is 1.22. The van der Waals surface area contributed by atoms with Gasteiger partial charge in [0.15, 0.2) is 11.6 Å². The van der Waals surface area contributed by atoms with Gasteiger partial charge in [-0.2, -0.15) is 4.39 Å². The molecule has 4 heteroatoms. The molecule has 3 N–H and O–H groups in total. The quantitative estimate of drug-likeness (QED) is 0.432. The monoisotopic (exact) mass is 128 g/mol. The second-order valence-electron chi connectivity index (χ2n) is 1.52. The van der Waals surface area contributed by atoms with Gasteiger partial charge in [-0.3, -0.25) is 5.41 Å². The van der Waals surface area contributed by atoms with Crippen molar-refractivity contribution in [1.29, 1.82) is 5.41 Å². The van der Waals surface area contributed by atoms with E-state index >= 15 is 0 Å². The molecule has 0 fully saturated rings. The molecule has 0 aromatic carbocycles. The lowest BCUT2D eigenvalue weighted by Gasteiger charge is -1.85. The van der Waals surface area contributed by atoms with E-state index in [9.17, 15) is 4.39 Å². The van der Waals surface area contributed by atoms with Crippen molar-refractivity contribution in [1.82, 2.24) is 0 Å². The number of hydrogen-bond acceptors (Lipinski definition) is 2. The van der Waals surface area contributed by atoms with Crippen LogP contribution in [-0.2, 0) is 0 Å². The van der Waals surface area contributed by atoms with Gasteiger partial charge in [0.2, 0.25) is 0 Å². The summed E-state index contributed by atoms with van der Waals surface area (Å²) in [4.78, 5) is 0. The van der Waals surface area contributed by atoms with Crippen LogP contribution in [0.15, 0.2) is 16.5 Å². The Hall–Kier alpha value is -1.32. The molecule has 0 aliphatic heterocycles. The molecule has 0 unspecified atom stereocenters. The molecule has 1 rings (SSSR count). The molecule has 0 saturated heterocycles. The summed E-state index contributed by atoms with van der Waals surface area (Å²) in [7, 11) is 0. The molecular weight excluding hydrogens is 123 g/mol. The van der Waals surface area contributed by atoms with E-state index in [1.165, 1.54) is 6.07 Å². The molecule has 1 heterocycles. The van der Waals surface area contributed by atoms with Crippen molar-refractivity contribution in [3.05, 3.63) is 23.9 Å². The first kappa shape index (κ1) is 5.81. The largest absolute Gasteiger partial charge is 0.428 e. The molecule has 0 saturated carbocycles. The minimum absolute atomic E-state index is 0.0625. The number of nitrogens with one attached hydrogen (secondary N) is 1. The van der Waals surface area contributed by atoms with Gasteiger partial charge >= 0.3 is 0 Å². The fraction of sp³-hybridized carbons (Fsp3) is 0. The van der Waals surface area contributed by atoms with E-state index in [1.807, 2.05) is 0 Å². The third-order valence-electron chi connectivity index (χ3n) is 0.839. The molecule has 0 bridgehead atoms. The van der Waals surface area contributed by atoms with E-state index in [1.54, 1.807) is 0 Å². The lowest BCUT2D eigenvalue weighted by molar-refractivity contribution is 0.355. The number of furan rings is 1. The van der Waals surface area contributed by atoms with Crippen molar-refractivity contribution in [3.63, 3.8) is 0 Å². The third-order valence-corrected chi connectivity index (χ3v) is 0.839. The van der Waals surface area contributed by atoms with Crippen LogP contribution in [0, 0.1) is 11.4 Å². The summed E-state index contributed by atoms with van der Waals surface area (Å²) < 4.78 is 16.3. The Balaban J connectivity index is 2.98. The van der Waals surface area contributed by atoms with Gasteiger partial charge in [0.1, 0.15) is 0 Å². The molecule has 0 aliphatic rings. The van der Waals surface area contributed by atoms with Crippen molar-refractivity contribution in [3.8, 4) is 0 Å².